The third kappa shape index (κ3) is 7.36. The zero-order chi connectivity index (χ0) is 23.8. The Morgan fingerprint density at radius 3 is 1.97 bits per heavy atom. The fraction of sp³-hybridized carbons (Fsp3) is 0.269. The number of rotatable bonds is 10. The first-order valence-electron chi connectivity index (χ1n) is 10.9. The van der Waals surface area contributed by atoms with Gasteiger partial charge in [-0.3, -0.25) is 9.10 Å². The molecule has 3 aromatic carbocycles. The van der Waals surface area contributed by atoms with E-state index >= 15 is 0 Å². The first-order chi connectivity index (χ1) is 15.7. The number of nitrogens with zero attached hydrogens (tertiary/aromatic N) is 1. The second-order valence-corrected chi connectivity index (χ2v) is 10.2. The van der Waals surface area contributed by atoms with E-state index in [4.69, 9.17) is 4.74 Å². The van der Waals surface area contributed by atoms with Crippen LogP contribution in [0, 0.1) is 5.92 Å². The molecule has 0 aliphatic rings. The molecule has 0 fully saturated rings. The normalized spacial score (nSPS) is 12.2. The Kier molecular flexibility index (Phi) is 8.11. The largest absolute Gasteiger partial charge is 0.457 e. The maximum absolute atomic E-state index is 12.9. The van der Waals surface area contributed by atoms with Crippen LogP contribution in [0.2, 0.25) is 0 Å². The summed E-state index contributed by atoms with van der Waals surface area (Å²) in [5.41, 5.74) is 1.39. The van der Waals surface area contributed by atoms with Crippen molar-refractivity contribution in [3.05, 3.63) is 90.5 Å². The Labute approximate surface area is 196 Å². The first kappa shape index (κ1) is 24.3. The monoisotopic (exact) mass is 466 g/mol. The average Bonchev–Trinajstić information content (AvgIpc) is 2.78. The highest BCUT2D eigenvalue weighted by Gasteiger charge is 2.23. The molecule has 0 bridgehead atoms. The van der Waals surface area contributed by atoms with Crippen molar-refractivity contribution in [3.8, 4) is 11.5 Å². The summed E-state index contributed by atoms with van der Waals surface area (Å²) in [5.74, 6) is 1.25. The van der Waals surface area contributed by atoms with Crippen molar-refractivity contribution in [3.63, 3.8) is 0 Å². The summed E-state index contributed by atoms with van der Waals surface area (Å²) in [4.78, 5) is 12.9. The van der Waals surface area contributed by atoms with E-state index in [9.17, 15) is 13.2 Å². The number of anilines is 1. The van der Waals surface area contributed by atoms with Gasteiger partial charge in [0.2, 0.25) is 15.9 Å². The van der Waals surface area contributed by atoms with Crippen LogP contribution in [-0.2, 0) is 14.8 Å². The molecule has 33 heavy (non-hydrogen) atoms. The second kappa shape index (κ2) is 11.0. The van der Waals surface area contributed by atoms with Crippen molar-refractivity contribution in [2.45, 2.75) is 26.3 Å². The Morgan fingerprint density at radius 1 is 0.879 bits per heavy atom. The van der Waals surface area contributed by atoms with Gasteiger partial charge in [-0.05, 0) is 54.3 Å². The van der Waals surface area contributed by atoms with Gasteiger partial charge in [0, 0.05) is 0 Å². The highest BCUT2D eigenvalue weighted by Crippen LogP contribution is 2.26. The highest BCUT2D eigenvalue weighted by atomic mass is 32.2. The van der Waals surface area contributed by atoms with Crippen LogP contribution in [0.25, 0.3) is 0 Å². The molecule has 0 saturated carbocycles. The summed E-state index contributed by atoms with van der Waals surface area (Å²) in [6.07, 6.45) is 1.84. The number of benzene rings is 3. The van der Waals surface area contributed by atoms with Gasteiger partial charge in [0.15, 0.2) is 0 Å². The number of hydrogen-bond acceptors (Lipinski definition) is 4. The number of ether oxygens (including phenoxy) is 1. The quantitative estimate of drug-likeness (QED) is 0.448. The molecule has 0 aliphatic carbocycles. The number of sulfonamides is 1. The zero-order valence-electron chi connectivity index (χ0n) is 19.1. The molecular weight excluding hydrogens is 436 g/mol. The van der Waals surface area contributed by atoms with Gasteiger partial charge >= 0.3 is 0 Å². The molecule has 0 unspecified atom stereocenters. The fourth-order valence-corrected chi connectivity index (χ4v) is 4.37. The Balaban J connectivity index is 1.74. The van der Waals surface area contributed by atoms with Crippen LogP contribution in [0.1, 0.15) is 31.9 Å². The van der Waals surface area contributed by atoms with Crippen LogP contribution in [0.5, 0.6) is 11.5 Å². The van der Waals surface area contributed by atoms with Crippen molar-refractivity contribution in [1.82, 2.24) is 5.32 Å². The lowest BCUT2D eigenvalue weighted by molar-refractivity contribution is -0.120. The smallest absolute Gasteiger partial charge is 0.241 e. The molecule has 174 valence electrons. The van der Waals surface area contributed by atoms with Crippen LogP contribution < -0.4 is 14.4 Å². The standard InChI is InChI=1S/C26H30N2O4S/c1-20(2)18-25(21-10-6-4-7-11-21)27-26(29)19-28(33(3,30)31)22-14-16-24(17-15-22)32-23-12-8-5-9-13-23/h4-17,20,25H,18-19H2,1-3H3,(H,27,29)/t25-/m1/s1. The molecule has 3 aromatic rings. The molecule has 1 N–H and O–H groups in total. The fourth-order valence-electron chi connectivity index (χ4n) is 3.51. The van der Waals surface area contributed by atoms with E-state index in [1.165, 1.54) is 0 Å². The van der Waals surface area contributed by atoms with Crippen LogP contribution in [0.4, 0.5) is 5.69 Å². The third-order valence-electron chi connectivity index (χ3n) is 5.04. The van der Waals surface area contributed by atoms with Crippen molar-refractivity contribution in [1.29, 1.82) is 0 Å². The predicted molar refractivity (Wildman–Crippen MR) is 132 cm³/mol. The second-order valence-electron chi connectivity index (χ2n) is 8.34. The summed E-state index contributed by atoms with van der Waals surface area (Å²) >= 11 is 0. The lowest BCUT2D eigenvalue weighted by Crippen LogP contribution is -2.41. The van der Waals surface area contributed by atoms with E-state index in [2.05, 4.69) is 19.2 Å². The summed E-state index contributed by atoms with van der Waals surface area (Å²) in [5, 5.41) is 3.01. The molecule has 0 radical (unpaired) electrons. The van der Waals surface area contributed by atoms with E-state index < -0.39 is 10.0 Å². The predicted octanol–water partition coefficient (Wildman–Crippen LogP) is 5.15. The van der Waals surface area contributed by atoms with Crippen LogP contribution in [-0.4, -0.2) is 27.1 Å². The average molecular weight is 467 g/mol. The van der Waals surface area contributed by atoms with Crippen molar-refractivity contribution < 1.29 is 17.9 Å². The van der Waals surface area contributed by atoms with Gasteiger partial charge in [-0.2, -0.15) is 0 Å². The van der Waals surface area contributed by atoms with Gasteiger partial charge in [0.05, 0.1) is 18.0 Å². The maximum Gasteiger partial charge on any atom is 0.241 e. The van der Waals surface area contributed by atoms with E-state index in [-0.39, 0.29) is 18.5 Å². The minimum Gasteiger partial charge on any atom is -0.457 e. The molecule has 0 heterocycles. The molecular formula is C26H30N2O4S. The van der Waals surface area contributed by atoms with E-state index in [0.29, 0.717) is 23.1 Å². The number of carbonyl (C=O) groups excluding carboxylic acids is 1. The summed E-state index contributed by atoms with van der Waals surface area (Å²) in [6, 6.07) is 25.5. The van der Waals surface area contributed by atoms with Gasteiger partial charge in [0.25, 0.3) is 0 Å². The number of amides is 1. The van der Waals surface area contributed by atoms with Gasteiger partial charge in [0.1, 0.15) is 18.0 Å². The Hall–Kier alpha value is -3.32. The minimum atomic E-state index is -3.68. The lowest BCUT2D eigenvalue weighted by Gasteiger charge is -2.25. The molecule has 7 heteroatoms. The Bertz CT molecular complexity index is 1130. The van der Waals surface area contributed by atoms with Gasteiger partial charge in [-0.15, -0.1) is 0 Å². The number of hydrogen-bond donors (Lipinski definition) is 1. The van der Waals surface area contributed by atoms with Gasteiger partial charge in [-0.1, -0.05) is 62.4 Å². The summed E-state index contributed by atoms with van der Waals surface area (Å²) < 4.78 is 31.9. The number of nitrogens with one attached hydrogen (secondary N) is 1. The van der Waals surface area contributed by atoms with Crippen molar-refractivity contribution >= 4 is 21.6 Å². The molecule has 6 nitrogen and oxygen atoms in total. The van der Waals surface area contributed by atoms with Crippen LogP contribution in [0.3, 0.4) is 0 Å². The first-order valence-corrected chi connectivity index (χ1v) is 12.7. The van der Waals surface area contributed by atoms with Crippen molar-refractivity contribution in [2.24, 2.45) is 5.92 Å². The van der Waals surface area contributed by atoms with Crippen molar-refractivity contribution in [2.75, 3.05) is 17.1 Å². The van der Waals surface area contributed by atoms with E-state index in [0.717, 1.165) is 22.5 Å². The third-order valence-corrected chi connectivity index (χ3v) is 6.18. The van der Waals surface area contributed by atoms with Crippen LogP contribution in [0.15, 0.2) is 84.9 Å². The number of carbonyl (C=O) groups is 1. The molecule has 3 rings (SSSR count). The molecule has 0 spiro atoms. The minimum absolute atomic E-state index is 0.193. The maximum atomic E-state index is 12.9. The SMILES string of the molecule is CC(C)C[C@@H](NC(=O)CN(c1ccc(Oc2ccccc2)cc1)S(C)(=O)=O)c1ccccc1. The number of para-hydroxylation sites is 1. The van der Waals surface area contributed by atoms with Crippen LogP contribution >= 0.6 is 0 Å². The van der Waals surface area contributed by atoms with E-state index in [1.54, 1.807) is 24.3 Å². The van der Waals surface area contributed by atoms with E-state index in [1.807, 2.05) is 60.7 Å². The molecule has 0 aromatic heterocycles. The molecule has 0 saturated heterocycles. The summed E-state index contributed by atoms with van der Waals surface area (Å²) in [6.45, 7) is 3.87. The molecule has 1 atom stereocenters. The Morgan fingerprint density at radius 2 is 1.42 bits per heavy atom. The summed E-state index contributed by atoms with van der Waals surface area (Å²) in [7, 11) is -3.68. The highest BCUT2D eigenvalue weighted by molar-refractivity contribution is 7.92. The lowest BCUT2D eigenvalue weighted by atomic mass is 9.97. The van der Waals surface area contributed by atoms with Gasteiger partial charge < -0.3 is 10.1 Å². The molecule has 1 amide bonds. The topological polar surface area (TPSA) is 75.7 Å². The van der Waals surface area contributed by atoms with Gasteiger partial charge in [-0.25, -0.2) is 8.42 Å². The molecule has 0 aliphatic heterocycles. The zero-order valence-corrected chi connectivity index (χ0v) is 20.0.